The van der Waals surface area contributed by atoms with E-state index in [0.717, 1.165) is 10.7 Å². The highest BCUT2D eigenvalue weighted by Gasteiger charge is 2.05. The molecule has 3 heteroatoms. The van der Waals surface area contributed by atoms with E-state index in [1.807, 2.05) is 11.3 Å². The van der Waals surface area contributed by atoms with E-state index in [0.29, 0.717) is 0 Å². The lowest BCUT2D eigenvalue weighted by molar-refractivity contribution is 0.940. The lowest BCUT2D eigenvalue weighted by atomic mass is 10.3. The van der Waals surface area contributed by atoms with Gasteiger partial charge in [-0.3, -0.25) is 0 Å². The predicted molar refractivity (Wildman–Crippen MR) is 64.2 cm³/mol. The first kappa shape index (κ1) is 9.87. The van der Waals surface area contributed by atoms with E-state index in [2.05, 4.69) is 36.3 Å². The Bertz CT molecular complexity index is 414. The fourth-order valence-electron chi connectivity index (χ4n) is 1.37. The van der Waals surface area contributed by atoms with Gasteiger partial charge in [0.1, 0.15) is 0 Å². The SMILES string of the molecule is CCCc1ccc(-c2csc(C)n2)s1. The van der Waals surface area contributed by atoms with E-state index in [1.54, 1.807) is 11.3 Å². The van der Waals surface area contributed by atoms with Crippen LogP contribution in [0.2, 0.25) is 0 Å². The van der Waals surface area contributed by atoms with Crippen molar-refractivity contribution in [2.75, 3.05) is 0 Å². The van der Waals surface area contributed by atoms with Crippen LogP contribution >= 0.6 is 22.7 Å². The van der Waals surface area contributed by atoms with Crippen molar-refractivity contribution < 1.29 is 0 Å². The van der Waals surface area contributed by atoms with Crippen molar-refractivity contribution >= 4 is 22.7 Å². The standard InChI is InChI=1S/C11H13NS2/c1-3-4-9-5-6-11(14-9)10-7-13-8(2)12-10/h5-7H,3-4H2,1-2H3. The molecule has 2 rings (SSSR count). The normalized spacial score (nSPS) is 10.7. The van der Waals surface area contributed by atoms with Crippen LogP contribution < -0.4 is 0 Å². The maximum absolute atomic E-state index is 4.48. The van der Waals surface area contributed by atoms with Crippen molar-refractivity contribution in [1.82, 2.24) is 4.98 Å². The van der Waals surface area contributed by atoms with Gasteiger partial charge in [0.2, 0.25) is 0 Å². The maximum atomic E-state index is 4.48. The molecule has 0 atom stereocenters. The van der Waals surface area contributed by atoms with Crippen LogP contribution in [-0.2, 0) is 6.42 Å². The molecule has 0 aromatic carbocycles. The molecule has 0 N–H and O–H groups in total. The third-order valence-electron chi connectivity index (χ3n) is 2.03. The van der Waals surface area contributed by atoms with Gasteiger partial charge < -0.3 is 0 Å². The summed E-state index contributed by atoms with van der Waals surface area (Å²) >= 11 is 3.59. The Balaban J connectivity index is 2.24. The lowest BCUT2D eigenvalue weighted by Crippen LogP contribution is -1.72. The Labute approximate surface area is 92.4 Å². The molecular weight excluding hydrogens is 210 g/mol. The molecule has 0 amide bonds. The van der Waals surface area contributed by atoms with E-state index < -0.39 is 0 Å². The predicted octanol–water partition coefficient (Wildman–Crippen LogP) is 4.13. The molecule has 0 saturated carbocycles. The quantitative estimate of drug-likeness (QED) is 0.762. The molecule has 0 spiro atoms. The second kappa shape index (κ2) is 4.24. The second-order valence-electron chi connectivity index (χ2n) is 3.27. The van der Waals surface area contributed by atoms with Crippen molar-refractivity contribution in [2.45, 2.75) is 26.7 Å². The number of hydrogen-bond donors (Lipinski definition) is 0. The highest BCUT2D eigenvalue weighted by molar-refractivity contribution is 7.16. The molecule has 0 unspecified atom stereocenters. The van der Waals surface area contributed by atoms with Gasteiger partial charge >= 0.3 is 0 Å². The minimum absolute atomic E-state index is 1.14. The number of rotatable bonds is 3. The van der Waals surface area contributed by atoms with Crippen LogP contribution in [0, 0.1) is 6.92 Å². The highest BCUT2D eigenvalue weighted by atomic mass is 32.1. The molecule has 0 aliphatic carbocycles. The Morgan fingerprint density at radius 1 is 1.36 bits per heavy atom. The zero-order valence-electron chi connectivity index (χ0n) is 8.41. The van der Waals surface area contributed by atoms with Crippen LogP contribution in [0.3, 0.4) is 0 Å². The molecule has 2 aromatic heterocycles. The molecule has 0 saturated heterocycles. The minimum Gasteiger partial charge on any atom is -0.241 e. The average Bonchev–Trinajstić information content (AvgIpc) is 2.74. The zero-order chi connectivity index (χ0) is 9.97. The molecular formula is C11H13NS2. The molecule has 2 aromatic rings. The largest absolute Gasteiger partial charge is 0.241 e. The Morgan fingerprint density at radius 3 is 2.86 bits per heavy atom. The van der Waals surface area contributed by atoms with Crippen molar-refractivity contribution in [2.24, 2.45) is 0 Å². The van der Waals surface area contributed by atoms with E-state index in [9.17, 15) is 0 Å². The van der Waals surface area contributed by atoms with Crippen LogP contribution in [0.5, 0.6) is 0 Å². The second-order valence-corrected chi connectivity index (χ2v) is 5.50. The van der Waals surface area contributed by atoms with E-state index in [-0.39, 0.29) is 0 Å². The number of aryl methyl sites for hydroxylation is 2. The van der Waals surface area contributed by atoms with Gasteiger partial charge in [0.15, 0.2) is 0 Å². The lowest BCUT2D eigenvalue weighted by Gasteiger charge is -1.89. The summed E-state index contributed by atoms with van der Waals surface area (Å²) < 4.78 is 0. The average molecular weight is 223 g/mol. The van der Waals surface area contributed by atoms with Crippen LogP contribution in [0.4, 0.5) is 0 Å². The van der Waals surface area contributed by atoms with Gasteiger partial charge in [-0.25, -0.2) is 4.98 Å². The van der Waals surface area contributed by atoms with Crippen LogP contribution in [0.1, 0.15) is 23.2 Å². The first-order chi connectivity index (χ1) is 6.79. The Hall–Kier alpha value is -0.670. The smallest absolute Gasteiger partial charge is 0.0914 e. The summed E-state index contributed by atoms with van der Waals surface area (Å²) in [6, 6.07) is 4.41. The molecule has 14 heavy (non-hydrogen) atoms. The van der Waals surface area contributed by atoms with E-state index in [4.69, 9.17) is 0 Å². The van der Waals surface area contributed by atoms with Gasteiger partial charge in [-0.1, -0.05) is 13.3 Å². The summed E-state index contributed by atoms with van der Waals surface area (Å²) in [4.78, 5) is 7.25. The van der Waals surface area contributed by atoms with Crippen LogP contribution in [0.25, 0.3) is 10.6 Å². The Kier molecular flexibility index (Phi) is 2.99. The van der Waals surface area contributed by atoms with Gasteiger partial charge in [0, 0.05) is 10.3 Å². The summed E-state index contributed by atoms with van der Waals surface area (Å²) in [5, 5.41) is 3.28. The van der Waals surface area contributed by atoms with Gasteiger partial charge in [0.05, 0.1) is 15.6 Å². The molecule has 0 aliphatic rings. The fraction of sp³-hybridized carbons (Fsp3) is 0.364. The summed E-state index contributed by atoms with van der Waals surface area (Å²) in [5.41, 5.74) is 1.14. The maximum Gasteiger partial charge on any atom is 0.0914 e. The summed E-state index contributed by atoms with van der Waals surface area (Å²) in [6.07, 6.45) is 2.41. The molecule has 0 aliphatic heterocycles. The van der Waals surface area contributed by atoms with Crippen LogP contribution in [-0.4, -0.2) is 4.98 Å². The first-order valence-corrected chi connectivity index (χ1v) is 6.50. The third-order valence-corrected chi connectivity index (χ3v) is 3.97. The van der Waals surface area contributed by atoms with Crippen molar-refractivity contribution in [1.29, 1.82) is 0 Å². The van der Waals surface area contributed by atoms with Crippen LogP contribution in [0.15, 0.2) is 17.5 Å². The van der Waals surface area contributed by atoms with Gasteiger partial charge in [-0.15, -0.1) is 22.7 Å². The highest BCUT2D eigenvalue weighted by Crippen LogP contribution is 2.29. The van der Waals surface area contributed by atoms with E-state index in [1.165, 1.54) is 22.6 Å². The fourth-order valence-corrected chi connectivity index (χ4v) is 3.13. The third kappa shape index (κ3) is 2.04. The Morgan fingerprint density at radius 2 is 2.21 bits per heavy atom. The van der Waals surface area contributed by atoms with Gasteiger partial charge in [0.25, 0.3) is 0 Å². The van der Waals surface area contributed by atoms with Crippen molar-refractivity contribution in [3.63, 3.8) is 0 Å². The molecule has 74 valence electrons. The number of thiazole rings is 1. The van der Waals surface area contributed by atoms with Crippen molar-refractivity contribution in [3.05, 3.63) is 27.4 Å². The zero-order valence-corrected chi connectivity index (χ0v) is 10.0. The molecule has 0 fully saturated rings. The monoisotopic (exact) mass is 223 g/mol. The van der Waals surface area contributed by atoms with Crippen molar-refractivity contribution in [3.8, 4) is 10.6 Å². The molecule has 1 nitrogen and oxygen atoms in total. The molecule has 2 heterocycles. The first-order valence-electron chi connectivity index (χ1n) is 4.81. The number of thiophene rings is 1. The summed E-state index contributed by atoms with van der Waals surface area (Å²) in [5.74, 6) is 0. The van der Waals surface area contributed by atoms with E-state index >= 15 is 0 Å². The molecule has 0 bridgehead atoms. The number of nitrogens with zero attached hydrogens (tertiary/aromatic N) is 1. The topological polar surface area (TPSA) is 12.9 Å². The van der Waals surface area contributed by atoms with Gasteiger partial charge in [-0.05, 0) is 25.5 Å². The summed E-state index contributed by atoms with van der Waals surface area (Å²) in [7, 11) is 0. The molecule has 0 radical (unpaired) electrons. The summed E-state index contributed by atoms with van der Waals surface area (Å²) in [6.45, 7) is 4.26. The number of aromatic nitrogens is 1. The minimum atomic E-state index is 1.14. The van der Waals surface area contributed by atoms with Gasteiger partial charge in [-0.2, -0.15) is 0 Å². The number of hydrogen-bond acceptors (Lipinski definition) is 3.